The molecule has 2 aromatic rings. The zero-order valence-electron chi connectivity index (χ0n) is 9.92. The SMILES string of the molecule is Cn1ncnc1NC(=O)C1Cc2ccccc2N1. The Hall–Kier alpha value is -2.37. The van der Waals surface area contributed by atoms with Crippen LogP contribution in [0.5, 0.6) is 0 Å². The fourth-order valence-electron chi connectivity index (χ4n) is 2.06. The van der Waals surface area contributed by atoms with Gasteiger partial charge in [-0.15, -0.1) is 0 Å². The molecular formula is C12H13N5O. The van der Waals surface area contributed by atoms with E-state index in [0.29, 0.717) is 12.4 Å². The summed E-state index contributed by atoms with van der Waals surface area (Å²) in [6.45, 7) is 0. The third kappa shape index (κ3) is 1.81. The Morgan fingerprint density at radius 3 is 3.06 bits per heavy atom. The molecule has 0 spiro atoms. The van der Waals surface area contributed by atoms with Crippen molar-refractivity contribution in [2.75, 3.05) is 10.6 Å². The Bertz CT molecular complexity index is 567. The molecule has 1 aliphatic rings. The Kier molecular flexibility index (Phi) is 2.47. The van der Waals surface area contributed by atoms with Crippen LogP contribution in [0.4, 0.5) is 11.6 Å². The Balaban J connectivity index is 1.71. The van der Waals surface area contributed by atoms with Gasteiger partial charge in [0.25, 0.3) is 0 Å². The monoisotopic (exact) mass is 243 g/mol. The average molecular weight is 243 g/mol. The van der Waals surface area contributed by atoms with Gasteiger partial charge in [-0.1, -0.05) is 18.2 Å². The fourth-order valence-corrected chi connectivity index (χ4v) is 2.06. The molecule has 1 atom stereocenters. The molecule has 1 amide bonds. The first-order valence-corrected chi connectivity index (χ1v) is 5.73. The summed E-state index contributed by atoms with van der Waals surface area (Å²) in [4.78, 5) is 16.0. The number of nitrogens with one attached hydrogen (secondary N) is 2. The van der Waals surface area contributed by atoms with Gasteiger partial charge in [-0.05, 0) is 11.6 Å². The Morgan fingerprint density at radius 2 is 2.33 bits per heavy atom. The summed E-state index contributed by atoms with van der Waals surface area (Å²) in [5, 5.41) is 9.86. The van der Waals surface area contributed by atoms with E-state index in [4.69, 9.17) is 0 Å². The predicted octanol–water partition coefficient (Wildman–Crippen LogP) is 0.790. The van der Waals surface area contributed by atoms with E-state index in [1.807, 2.05) is 24.3 Å². The first-order valence-electron chi connectivity index (χ1n) is 5.73. The summed E-state index contributed by atoms with van der Waals surface area (Å²) in [7, 11) is 1.74. The minimum atomic E-state index is -0.251. The number of hydrogen-bond acceptors (Lipinski definition) is 4. The molecule has 0 saturated heterocycles. The zero-order chi connectivity index (χ0) is 12.5. The zero-order valence-corrected chi connectivity index (χ0v) is 9.92. The number of carbonyl (C=O) groups excluding carboxylic acids is 1. The van der Waals surface area contributed by atoms with Gasteiger partial charge in [0.1, 0.15) is 12.4 Å². The van der Waals surface area contributed by atoms with Gasteiger partial charge in [-0.2, -0.15) is 10.1 Å². The summed E-state index contributed by atoms with van der Waals surface area (Å²) in [6.07, 6.45) is 2.10. The van der Waals surface area contributed by atoms with Gasteiger partial charge in [0.2, 0.25) is 11.9 Å². The number of carbonyl (C=O) groups is 1. The number of amides is 1. The van der Waals surface area contributed by atoms with Crippen LogP contribution in [0.2, 0.25) is 0 Å². The molecule has 1 aromatic carbocycles. The number of aryl methyl sites for hydroxylation is 1. The van der Waals surface area contributed by atoms with Crippen molar-refractivity contribution in [2.24, 2.45) is 7.05 Å². The molecule has 18 heavy (non-hydrogen) atoms. The Labute approximate surface area is 104 Å². The highest BCUT2D eigenvalue weighted by atomic mass is 16.2. The second-order valence-corrected chi connectivity index (χ2v) is 4.25. The molecule has 0 bridgehead atoms. The maximum atomic E-state index is 12.1. The fraction of sp³-hybridized carbons (Fsp3) is 0.250. The lowest BCUT2D eigenvalue weighted by molar-refractivity contribution is -0.116. The lowest BCUT2D eigenvalue weighted by Gasteiger charge is -2.10. The molecule has 6 heteroatoms. The van der Waals surface area contributed by atoms with Crippen LogP contribution in [-0.2, 0) is 18.3 Å². The first-order chi connectivity index (χ1) is 8.74. The van der Waals surface area contributed by atoms with Crippen LogP contribution in [0, 0.1) is 0 Å². The second-order valence-electron chi connectivity index (χ2n) is 4.25. The van der Waals surface area contributed by atoms with Crippen LogP contribution in [0.1, 0.15) is 5.56 Å². The first kappa shape index (κ1) is 10.8. The maximum absolute atomic E-state index is 12.1. The van der Waals surface area contributed by atoms with Crippen molar-refractivity contribution in [3.63, 3.8) is 0 Å². The highest BCUT2D eigenvalue weighted by molar-refractivity contribution is 5.96. The maximum Gasteiger partial charge on any atom is 0.249 e. The smallest absolute Gasteiger partial charge is 0.249 e. The van der Waals surface area contributed by atoms with Crippen LogP contribution in [-0.4, -0.2) is 26.7 Å². The molecule has 1 aromatic heterocycles. The molecule has 2 N–H and O–H groups in total. The third-order valence-electron chi connectivity index (χ3n) is 3.03. The normalized spacial score (nSPS) is 17.1. The van der Waals surface area contributed by atoms with Gasteiger partial charge in [-0.25, -0.2) is 4.68 Å². The number of fused-ring (bicyclic) bond motifs is 1. The van der Waals surface area contributed by atoms with Crippen molar-refractivity contribution >= 4 is 17.5 Å². The number of benzene rings is 1. The number of para-hydroxylation sites is 1. The topological polar surface area (TPSA) is 71.8 Å². The molecule has 2 heterocycles. The molecule has 0 radical (unpaired) electrons. The van der Waals surface area contributed by atoms with E-state index in [0.717, 1.165) is 11.3 Å². The van der Waals surface area contributed by atoms with Crippen molar-refractivity contribution in [1.29, 1.82) is 0 Å². The third-order valence-corrected chi connectivity index (χ3v) is 3.03. The van der Waals surface area contributed by atoms with E-state index in [1.54, 1.807) is 7.05 Å². The second kappa shape index (κ2) is 4.14. The molecular weight excluding hydrogens is 230 g/mol. The standard InChI is InChI=1S/C12H13N5O/c1-17-12(13-7-14-17)16-11(18)10-6-8-4-2-3-5-9(8)15-10/h2-5,7,10,15H,6H2,1H3,(H,13,14,16,18). The predicted molar refractivity (Wildman–Crippen MR) is 67.2 cm³/mol. The highest BCUT2D eigenvalue weighted by Crippen LogP contribution is 2.25. The average Bonchev–Trinajstić information content (AvgIpc) is 2.96. The van der Waals surface area contributed by atoms with Crippen LogP contribution < -0.4 is 10.6 Å². The quantitative estimate of drug-likeness (QED) is 0.818. The molecule has 92 valence electrons. The Morgan fingerprint density at radius 1 is 1.50 bits per heavy atom. The van der Waals surface area contributed by atoms with Gasteiger partial charge >= 0.3 is 0 Å². The molecule has 0 saturated carbocycles. The minimum Gasteiger partial charge on any atom is -0.373 e. The number of hydrogen-bond donors (Lipinski definition) is 2. The summed E-state index contributed by atoms with van der Waals surface area (Å²) in [5.41, 5.74) is 2.19. The molecule has 3 rings (SSSR count). The van der Waals surface area contributed by atoms with Gasteiger partial charge in [-0.3, -0.25) is 10.1 Å². The largest absolute Gasteiger partial charge is 0.373 e. The summed E-state index contributed by atoms with van der Waals surface area (Å²) in [6, 6.07) is 7.68. The number of anilines is 2. The van der Waals surface area contributed by atoms with Gasteiger partial charge in [0, 0.05) is 19.2 Å². The molecule has 0 aliphatic carbocycles. The van der Waals surface area contributed by atoms with Crippen molar-refractivity contribution in [1.82, 2.24) is 14.8 Å². The van der Waals surface area contributed by atoms with Crippen molar-refractivity contribution in [2.45, 2.75) is 12.5 Å². The van der Waals surface area contributed by atoms with Gasteiger partial charge in [0.15, 0.2) is 0 Å². The summed E-state index contributed by atoms with van der Waals surface area (Å²) >= 11 is 0. The van der Waals surface area contributed by atoms with E-state index in [1.165, 1.54) is 11.0 Å². The van der Waals surface area contributed by atoms with Gasteiger partial charge < -0.3 is 5.32 Å². The van der Waals surface area contributed by atoms with E-state index >= 15 is 0 Å². The van der Waals surface area contributed by atoms with E-state index in [-0.39, 0.29) is 11.9 Å². The van der Waals surface area contributed by atoms with Crippen molar-refractivity contribution in [3.8, 4) is 0 Å². The van der Waals surface area contributed by atoms with E-state index < -0.39 is 0 Å². The molecule has 1 unspecified atom stereocenters. The van der Waals surface area contributed by atoms with E-state index in [9.17, 15) is 4.79 Å². The van der Waals surface area contributed by atoms with Crippen molar-refractivity contribution < 1.29 is 4.79 Å². The molecule has 1 aliphatic heterocycles. The van der Waals surface area contributed by atoms with Crippen LogP contribution >= 0.6 is 0 Å². The number of nitrogens with zero attached hydrogens (tertiary/aromatic N) is 3. The lowest BCUT2D eigenvalue weighted by atomic mass is 10.1. The van der Waals surface area contributed by atoms with Crippen LogP contribution in [0.15, 0.2) is 30.6 Å². The molecule has 6 nitrogen and oxygen atoms in total. The van der Waals surface area contributed by atoms with Gasteiger partial charge in [0.05, 0.1) is 0 Å². The number of aromatic nitrogens is 3. The lowest BCUT2D eigenvalue weighted by Crippen LogP contribution is -2.33. The minimum absolute atomic E-state index is 0.0951. The summed E-state index contributed by atoms with van der Waals surface area (Å²) in [5.74, 6) is 0.361. The van der Waals surface area contributed by atoms with Crippen molar-refractivity contribution in [3.05, 3.63) is 36.2 Å². The van der Waals surface area contributed by atoms with Crippen LogP contribution in [0.25, 0.3) is 0 Å². The highest BCUT2D eigenvalue weighted by Gasteiger charge is 2.26. The summed E-state index contributed by atoms with van der Waals surface area (Å²) < 4.78 is 1.53. The number of rotatable bonds is 2. The van der Waals surface area contributed by atoms with Crippen LogP contribution in [0.3, 0.4) is 0 Å². The van der Waals surface area contributed by atoms with E-state index in [2.05, 4.69) is 20.7 Å². The molecule has 0 fully saturated rings.